The highest BCUT2D eigenvalue weighted by molar-refractivity contribution is 7.80. The lowest BCUT2D eigenvalue weighted by Gasteiger charge is -2.30. The minimum atomic E-state index is -0.764. The summed E-state index contributed by atoms with van der Waals surface area (Å²) in [6.45, 7) is 3.48. The number of Topliss-reactive ketones (excluding diaryl/α,β-unsaturated/α-hetero) is 1. The molecule has 1 aliphatic heterocycles. The van der Waals surface area contributed by atoms with Crippen molar-refractivity contribution in [3.05, 3.63) is 12.3 Å². The molecule has 0 fully saturated rings. The van der Waals surface area contributed by atoms with E-state index in [1.54, 1.807) is 27.0 Å². The second-order valence-electron chi connectivity index (χ2n) is 3.41. The van der Waals surface area contributed by atoms with E-state index in [1.165, 1.54) is 6.26 Å². The second kappa shape index (κ2) is 3.46. The summed E-state index contributed by atoms with van der Waals surface area (Å²) in [5.74, 6) is -0.349. The lowest BCUT2D eigenvalue weighted by molar-refractivity contribution is -0.137. The molecule has 0 spiro atoms. The van der Waals surface area contributed by atoms with Gasteiger partial charge in [0.05, 0.1) is 17.2 Å². The molecule has 1 unspecified atom stereocenters. The largest absolute Gasteiger partial charge is 0.488 e. The van der Waals surface area contributed by atoms with E-state index in [9.17, 15) is 4.79 Å². The van der Waals surface area contributed by atoms with Gasteiger partial charge in [-0.25, -0.2) is 0 Å². The average Bonchev–Trinajstić information content (AvgIpc) is 2.08. The Bertz CT molecular complexity index is 271. The van der Waals surface area contributed by atoms with E-state index >= 15 is 0 Å². The molecule has 1 rings (SSSR count). The zero-order valence-electron chi connectivity index (χ0n) is 7.96. The number of carbonyl (C=O) groups is 1. The average molecular weight is 199 g/mol. The Morgan fingerprint density at radius 3 is 2.85 bits per heavy atom. The molecule has 4 heteroatoms. The van der Waals surface area contributed by atoms with Crippen molar-refractivity contribution in [1.82, 2.24) is 5.32 Å². The number of hydrogen-bond donors (Lipinski definition) is 1. The molecule has 0 aromatic carbocycles. The van der Waals surface area contributed by atoms with Crippen LogP contribution in [-0.2, 0) is 9.53 Å². The monoisotopic (exact) mass is 199 g/mol. The first-order chi connectivity index (χ1) is 5.99. The van der Waals surface area contributed by atoms with Crippen LogP contribution in [0.15, 0.2) is 12.3 Å². The molecule has 1 atom stereocenters. The van der Waals surface area contributed by atoms with Crippen LogP contribution in [0.2, 0.25) is 0 Å². The maximum absolute atomic E-state index is 11.7. The van der Waals surface area contributed by atoms with Crippen molar-refractivity contribution in [3.63, 3.8) is 0 Å². The van der Waals surface area contributed by atoms with Gasteiger partial charge in [0.15, 0.2) is 11.4 Å². The Labute approximate surface area is 83.1 Å². The normalized spacial score (nSPS) is 25.2. The van der Waals surface area contributed by atoms with E-state index < -0.39 is 5.60 Å². The van der Waals surface area contributed by atoms with E-state index in [4.69, 9.17) is 17.0 Å². The van der Waals surface area contributed by atoms with Gasteiger partial charge in [0, 0.05) is 7.05 Å². The van der Waals surface area contributed by atoms with Gasteiger partial charge >= 0.3 is 0 Å². The van der Waals surface area contributed by atoms with Crippen LogP contribution in [-0.4, -0.2) is 23.4 Å². The zero-order valence-corrected chi connectivity index (χ0v) is 8.77. The van der Waals surface area contributed by atoms with Crippen LogP contribution in [0.1, 0.15) is 13.8 Å². The predicted octanol–water partition coefficient (Wildman–Crippen LogP) is 1.04. The van der Waals surface area contributed by atoms with Gasteiger partial charge in [0.1, 0.15) is 0 Å². The quantitative estimate of drug-likeness (QED) is 0.640. The molecule has 1 N–H and O–H groups in total. The third-order valence-corrected chi connectivity index (χ3v) is 2.50. The van der Waals surface area contributed by atoms with Gasteiger partial charge in [0.2, 0.25) is 0 Å². The Hall–Kier alpha value is -0.900. The van der Waals surface area contributed by atoms with Crippen molar-refractivity contribution in [2.75, 3.05) is 7.05 Å². The molecule has 3 nitrogen and oxygen atoms in total. The lowest BCUT2D eigenvalue weighted by Crippen LogP contribution is -2.45. The van der Waals surface area contributed by atoms with Crippen molar-refractivity contribution in [3.8, 4) is 0 Å². The molecule has 0 saturated carbocycles. The SMILES string of the molecule is CNC(=S)C1C=COC(C)(C)C1=O. The lowest BCUT2D eigenvalue weighted by atomic mass is 9.89. The molecular formula is C9H13NO2S. The van der Waals surface area contributed by atoms with E-state index in [2.05, 4.69) is 5.32 Å². The molecule has 0 aromatic rings. The first kappa shape index (κ1) is 10.2. The molecular weight excluding hydrogens is 186 g/mol. The smallest absolute Gasteiger partial charge is 0.189 e. The summed E-state index contributed by atoms with van der Waals surface area (Å²) in [4.78, 5) is 12.3. The molecule has 72 valence electrons. The van der Waals surface area contributed by atoms with Crippen LogP contribution in [0, 0.1) is 5.92 Å². The van der Waals surface area contributed by atoms with E-state index in [1.807, 2.05) is 0 Å². The fourth-order valence-corrected chi connectivity index (χ4v) is 1.36. The molecule has 0 bridgehead atoms. The van der Waals surface area contributed by atoms with Gasteiger partial charge in [-0.05, 0) is 19.9 Å². The molecule has 0 aromatic heterocycles. The molecule has 0 saturated heterocycles. The third-order valence-electron chi connectivity index (χ3n) is 2.04. The minimum absolute atomic E-state index is 0.00523. The number of hydrogen-bond acceptors (Lipinski definition) is 3. The Morgan fingerprint density at radius 1 is 1.69 bits per heavy atom. The predicted molar refractivity (Wildman–Crippen MR) is 54.5 cm³/mol. The van der Waals surface area contributed by atoms with Crippen molar-refractivity contribution < 1.29 is 9.53 Å². The summed E-state index contributed by atoms with van der Waals surface area (Å²) in [5.41, 5.74) is -0.764. The third kappa shape index (κ3) is 1.88. The maximum Gasteiger partial charge on any atom is 0.189 e. The summed E-state index contributed by atoms with van der Waals surface area (Å²) in [7, 11) is 1.71. The Morgan fingerprint density at radius 2 is 2.31 bits per heavy atom. The number of carbonyl (C=O) groups excluding carboxylic acids is 1. The number of rotatable bonds is 1. The summed E-state index contributed by atoms with van der Waals surface area (Å²) < 4.78 is 5.18. The molecule has 1 aliphatic rings. The van der Waals surface area contributed by atoms with E-state index in [0.29, 0.717) is 4.99 Å². The Kier molecular flexibility index (Phi) is 2.71. The molecule has 0 amide bonds. The van der Waals surface area contributed by atoms with Crippen molar-refractivity contribution in [2.45, 2.75) is 19.4 Å². The fourth-order valence-electron chi connectivity index (χ4n) is 1.17. The number of ether oxygens (including phenoxy) is 1. The number of thiocarbonyl (C=S) groups is 1. The fraction of sp³-hybridized carbons (Fsp3) is 0.556. The second-order valence-corrected chi connectivity index (χ2v) is 3.85. The maximum atomic E-state index is 11.7. The van der Waals surface area contributed by atoms with Gasteiger partial charge in [-0.3, -0.25) is 4.79 Å². The Balaban J connectivity index is 2.89. The molecule has 0 aliphatic carbocycles. The summed E-state index contributed by atoms with van der Waals surface area (Å²) in [5, 5.41) is 2.81. The van der Waals surface area contributed by atoms with Gasteiger partial charge < -0.3 is 10.1 Å². The van der Waals surface area contributed by atoms with Crippen molar-refractivity contribution in [1.29, 1.82) is 0 Å². The van der Waals surface area contributed by atoms with Crippen LogP contribution in [0.4, 0.5) is 0 Å². The van der Waals surface area contributed by atoms with Crippen LogP contribution in [0.3, 0.4) is 0 Å². The first-order valence-electron chi connectivity index (χ1n) is 4.09. The summed E-state index contributed by atoms with van der Waals surface area (Å²) in [6, 6.07) is 0. The highest BCUT2D eigenvalue weighted by atomic mass is 32.1. The van der Waals surface area contributed by atoms with Crippen LogP contribution in [0.25, 0.3) is 0 Å². The first-order valence-corrected chi connectivity index (χ1v) is 4.50. The van der Waals surface area contributed by atoms with Crippen LogP contribution < -0.4 is 5.32 Å². The van der Waals surface area contributed by atoms with Gasteiger partial charge in [-0.1, -0.05) is 12.2 Å². The van der Waals surface area contributed by atoms with Gasteiger partial charge in [-0.2, -0.15) is 0 Å². The summed E-state index contributed by atoms with van der Waals surface area (Å²) in [6.07, 6.45) is 3.21. The number of ketones is 1. The van der Waals surface area contributed by atoms with E-state index in [-0.39, 0.29) is 11.7 Å². The highest BCUT2D eigenvalue weighted by Crippen LogP contribution is 2.23. The zero-order chi connectivity index (χ0) is 10.1. The van der Waals surface area contributed by atoms with Crippen molar-refractivity contribution >= 4 is 23.0 Å². The molecule has 13 heavy (non-hydrogen) atoms. The molecule has 0 radical (unpaired) electrons. The van der Waals surface area contributed by atoms with Crippen molar-refractivity contribution in [2.24, 2.45) is 5.92 Å². The standard InChI is InChI=1S/C9H13NO2S/c1-9(2)7(11)6(4-5-12-9)8(13)10-3/h4-6H,1-3H3,(H,10,13). The van der Waals surface area contributed by atoms with E-state index in [0.717, 1.165) is 0 Å². The minimum Gasteiger partial charge on any atom is -0.488 e. The number of nitrogens with one attached hydrogen (secondary N) is 1. The van der Waals surface area contributed by atoms with Crippen LogP contribution >= 0.6 is 12.2 Å². The van der Waals surface area contributed by atoms with Crippen LogP contribution in [0.5, 0.6) is 0 Å². The summed E-state index contributed by atoms with van der Waals surface area (Å²) >= 11 is 5.02. The van der Waals surface area contributed by atoms with Gasteiger partial charge in [-0.15, -0.1) is 0 Å². The molecule has 1 heterocycles. The topological polar surface area (TPSA) is 38.3 Å². The van der Waals surface area contributed by atoms with Gasteiger partial charge in [0.25, 0.3) is 0 Å². The highest BCUT2D eigenvalue weighted by Gasteiger charge is 2.38.